The van der Waals surface area contributed by atoms with E-state index < -0.39 is 0 Å². The van der Waals surface area contributed by atoms with Gasteiger partial charge in [0.25, 0.3) is 0 Å². The Morgan fingerprint density at radius 2 is 2.14 bits per heavy atom. The van der Waals surface area contributed by atoms with Gasteiger partial charge in [0.1, 0.15) is 0 Å². The molecule has 0 heterocycles. The third-order valence-electron chi connectivity index (χ3n) is 0.415. The lowest BCUT2D eigenvalue weighted by molar-refractivity contribution is 1.40. The van der Waals surface area contributed by atoms with Crippen LogP contribution in [0, 0.1) is 10.8 Å². The largest absolute Gasteiger partial charge is 0.0681 e. The maximum Gasteiger partial charge on any atom is 0.0110 e. The highest BCUT2D eigenvalue weighted by Crippen LogP contribution is 1.84. The molecule has 1 heteroatoms. The summed E-state index contributed by atoms with van der Waals surface area (Å²) >= 11 is 2.97. The van der Waals surface area contributed by atoms with Crippen LogP contribution in [0.2, 0.25) is 0 Å². The van der Waals surface area contributed by atoms with Gasteiger partial charge in [-0.15, -0.1) is 0 Å². The molecule has 0 amide bonds. The van der Waals surface area contributed by atoms with Crippen LogP contribution in [-0.2, 0) is 0 Å². The first-order valence-electron chi connectivity index (χ1n) is 2.02. The van der Waals surface area contributed by atoms with Crippen LogP contribution in [0.25, 0.3) is 0 Å². The predicted octanol–water partition coefficient (Wildman–Crippen LogP) is 2.31. The normalized spacial score (nSPS) is 6.14. The van der Waals surface area contributed by atoms with Crippen molar-refractivity contribution in [2.45, 2.75) is 13.8 Å². The van der Waals surface area contributed by atoms with E-state index in [-0.39, 0.29) is 0 Å². The number of allylic oxidation sites excluding steroid dienone is 2. The van der Waals surface area contributed by atoms with Crippen molar-refractivity contribution < 1.29 is 0 Å². The topological polar surface area (TPSA) is 0 Å². The van der Waals surface area contributed by atoms with Gasteiger partial charge in [-0.05, 0) is 24.8 Å². The van der Waals surface area contributed by atoms with Crippen LogP contribution in [0.1, 0.15) is 13.8 Å². The van der Waals surface area contributed by atoms with E-state index >= 15 is 0 Å². The summed E-state index contributed by atoms with van der Waals surface area (Å²) in [6, 6.07) is 0. The smallest absolute Gasteiger partial charge is 0.0110 e. The van der Waals surface area contributed by atoms with Crippen LogP contribution in [0.15, 0.2) is 11.6 Å². The average molecular weight is 159 g/mol. The molecule has 0 aliphatic heterocycles. The van der Waals surface area contributed by atoms with E-state index in [0.717, 1.165) is 0 Å². The van der Waals surface area contributed by atoms with Gasteiger partial charge in [0.15, 0.2) is 0 Å². The maximum atomic E-state index is 2.97. The van der Waals surface area contributed by atoms with Crippen molar-refractivity contribution in [3.63, 3.8) is 0 Å². The summed E-state index contributed by atoms with van der Waals surface area (Å²) in [5.74, 6) is 2.75. The number of hydrogen-bond donors (Lipinski definition) is 0. The Kier molecular flexibility index (Phi) is 3.83. The molecule has 0 saturated heterocycles. The Labute approximate surface area is 52.7 Å². The second-order valence-corrected chi connectivity index (χ2v) is 1.86. The molecule has 0 bridgehead atoms. The molecule has 0 saturated carbocycles. The molecule has 0 N–H and O–H groups in total. The summed E-state index contributed by atoms with van der Waals surface area (Å²) in [6.45, 7) is 4.02. The minimum Gasteiger partial charge on any atom is -0.0681 e. The van der Waals surface area contributed by atoms with E-state index in [0.29, 0.717) is 0 Å². The molecule has 0 atom stereocenters. The third kappa shape index (κ3) is 5.78. The van der Waals surface area contributed by atoms with E-state index in [2.05, 4.69) is 26.7 Å². The number of halogens is 1. The molecular weight excluding hydrogens is 152 g/mol. The lowest BCUT2D eigenvalue weighted by atomic mass is 10.3. The van der Waals surface area contributed by atoms with Crippen molar-refractivity contribution in [1.29, 1.82) is 0 Å². The fraction of sp³-hybridized carbons (Fsp3) is 0.333. The highest BCUT2D eigenvalue weighted by molar-refractivity contribution is 9.12. The zero-order chi connectivity index (χ0) is 5.70. The molecule has 0 aromatic heterocycles. The van der Waals surface area contributed by atoms with Crippen LogP contribution in [-0.4, -0.2) is 0 Å². The summed E-state index contributed by atoms with van der Waals surface area (Å²) in [6.07, 6.45) is 1.86. The summed E-state index contributed by atoms with van der Waals surface area (Å²) < 4.78 is 0. The van der Waals surface area contributed by atoms with E-state index in [1.807, 2.05) is 19.9 Å². The van der Waals surface area contributed by atoms with Gasteiger partial charge in [0.05, 0.1) is 0 Å². The molecule has 0 rings (SSSR count). The van der Waals surface area contributed by atoms with Gasteiger partial charge in [-0.1, -0.05) is 11.5 Å². The number of hydrogen-bond acceptors (Lipinski definition) is 0. The van der Waals surface area contributed by atoms with Gasteiger partial charge in [0.2, 0.25) is 0 Å². The summed E-state index contributed by atoms with van der Waals surface area (Å²) in [5.41, 5.74) is 1.23. The Balaban J connectivity index is 3.61. The first-order valence-corrected chi connectivity index (χ1v) is 2.81. The highest BCUT2D eigenvalue weighted by atomic mass is 79.9. The van der Waals surface area contributed by atoms with Gasteiger partial charge < -0.3 is 0 Å². The van der Waals surface area contributed by atoms with Crippen LogP contribution < -0.4 is 0 Å². The Bertz CT molecular complexity index is 119. The minimum absolute atomic E-state index is 1.23. The van der Waals surface area contributed by atoms with Gasteiger partial charge in [0, 0.05) is 15.9 Å². The summed E-state index contributed by atoms with van der Waals surface area (Å²) in [5, 5.41) is 0. The zero-order valence-electron chi connectivity index (χ0n) is 4.46. The first kappa shape index (κ1) is 6.78. The van der Waals surface area contributed by atoms with Crippen molar-refractivity contribution in [2.75, 3.05) is 0 Å². The minimum atomic E-state index is 1.23. The first-order chi connectivity index (χ1) is 3.27. The van der Waals surface area contributed by atoms with Crippen molar-refractivity contribution in [3.8, 4) is 10.8 Å². The molecular formula is C6H7Br. The van der Waals surface area contributed by atoms with E-state index in [9.17, 15) is 0 Å². The molecule has 0 fully saturated rings. The van der Waals surface area contributed by atoms with Crippen molar-refractivity contribution in [1.82, 2.24) is 0 Å². The third-order valence-corrected chi connectivity index (χ3v) is 0.644. The van der Waals surface area contributed by atoms with Crippen LogP contribution in [0.4, 0.5) is 0 Å². The summed E-state index contributed by atoms with van der Waals surface area (Å²) in [4.78, 5) is 2.59. The van der Waals surface area contributed by atoms with Gasteiger partial charge in [-0.2, -0.15) is 0 Å². The standard InChI is InChI=1S/C6H7Br/c1-6(2)4-3-5-7/h4H,1-2H3. The molecule has 0 radical (unpaired) electrons. The molecule has 7 heavy (non-hydrogen) atoms. The SMILES string of the molecule is CC(C)=CC#CBr. The van der Waals surface area contributed by atoms with Crippen LogP contribution in [0.5, 0.6) is 0 Å². The van der Waals surface area contributed by atoms with E-state index in [1.165, 1.54) is 5.57 Å². The van der Waals surface area contributed by atoms with Gasteiger partial charge in [-0.25, -0.2) is 0 Å². The average Bonchev–Trinajstić information content (AvgIpc) is 1.61. The van der Waals surface area contributed by atoms with E-state index in [4.69, 9.17) is 0 Å². The second kappa shape index (κ2) is 3.95. The Morgan fingerprint density at radius 3 is 2.29 bits per heavy atom. The fourth-order valence-corrected chi connectivity index (χ4v) is 0.286. The monoisotopic (exact) mass is 158 g/mol. The molecule has 0 aromatic rings. The quantitative estimate of drug-likeness (QED) is 0.475. The molecule has 0 aliphatic carbocycles. The number of rotatable bonds is 0. The molecule has 0 aromatic carbocycles. The van der Waals surface area contributed by atoms with Crippen LogP contribution >= 0.6 is 15.9 Å². The van der Waals surface area contributed by atoms with Gasteiger partial charge >= 0.3 is 0 Å². The zero-order valence-corrected chi connectivity index (χ0v) is 6.04. The molecule has 38 valence electrons. The maximum absolute atomic E-state index is 2.97. The summed E-state index contributed by atoms with van der Waals surface area (Å²) in [7, 11) is 0. The van der Waals surface area contributed by atoms with Crippen LogP contribution in [0.3, 0.4) is 0 Å². The second-order valence-electron chi connectivity index (χ2n) is 1.46. The predicted molar refractivity (Wildman–Crippen MR) is 36.1 cm³/mol. The fourth-order valence-electron chi connectivity index (χ4n) is 0.172. The van der Waals surface area contributed by atoms with E-state index in [1.54, 1.807) is 0 Å². The van der Waals surface area contributed by atoms with Crippen molar-refractivity contribution in [3.05, 3.63) is 11.6 Å². The highest BCUT2D eigenvalue weighted by Gasteiger charge is 1.65. The Morgan fingerprint density at radius 1 is 1.57 bits per heavy atom. The Hall–Kier alpha value is -0.220. The molecule has 0 aliphatic rings. The lowest BCUT2D eigenvalue weighted by Crippen LogP contribution is -1.56. The van der Waals surface area contributed by atoms with Crippen molar-refractivity contribution in [2.24, 2.45) is 0 Å². The van der Waals surface area contributed by atoms with Crippen molar-refractivity contribution >= 4 is 15.9 Å². The lowest BCUT2D eigenvalue weighted by Gasteiger charge is -1.74. The molecule has 0 nitrogen and oxygen atoms in total. The van der Waals surface area contributed by atoms with Gasteiger partial charge in [-0.3, -0.25) is 0 Å². The molecule has 0 unspecified atom stereocenters. The molecule has 0 spiro atoms.